The van der Waals surface area contributed by atoms with Gasteiger partial charge in [-0.15, -0.1) is 0 Å². The van der Waals surface area contributed by atoms with E-state index in [-0.39, 0.29) is 5.92 Å². The van der Waals surface area contributed by atoms with Gasteiger partial charge in [0.15, 0.2) is 17.3 Å². The second kappa shape index (κ2) is 7.01. The monoisotopic (exact) mass is 345 g/mol. The molecule has 2 aromatic rings. The van der Waals surface area contributed by atoms with Crippen molar-refractivity contribution in [3.8, 4) is 11.5 Å². The molecule has 0 radical (unpaired) electrons. The van der Waals surface area contributed by atoms with E-state index in [1.807, 2.05) is 25.1 Å². The number of hydrogen-bond donors (Lipinski definition) is 1. The van der Waals surface area contributed by atoms with Gasteiger partial charge in [-0.2, -0.15) is 4.98 Å². The van der Waals surface area contributed by atoms with Gasteiger partial charge in [0.25, 0.3) is 0 Å². The van der Waals surface area contributed by atoms with E-state index in [1.54, 1.807) is 0 Å². The van der Waals surface area contributed by atoms with Crippen molar-refractivity contribution < 1.29 is 19.1 Å². The highest BCUT2D eigenvalue weighted by molar-refractivity contribution is 5.44. The molecule has 1 N–H and O–H groups in total. The molecule has 7 heteroatoms. The van der Waals surface area contributed by atoms with Crippen molar-refractivity contribution in [1.29, 1.82) is 0 Å². The lowest BCUT2D eigenvalue weighted by atomic mass is 9.97. The number of benzene rings is 1. The Morgan fingerprint density at radius 1 is 1.28 bits per heavy atom. The number of fused-ring (bicyclic) bond motifs is 1. The summed E-state index contributed by atoms with van der Waals surface area (Å²) in [6.07, 6.45) is 1.53. The summed E-state index contributed by atoms with van der Waals surface area (Å²) >= 11 is 0. The van der Waals surface area contributed by atoms with Crippen LogP contribution in [0.2, 0.25) is 0 Å². The van der Waals surface area contributed by atoms with Crippen molar-refractivity contribution in [1.82, 2.24) is 15.0 Å². The molecule has 0 saturated carbocycles. The number of β-amino-alcohol motifs (C(OH)–C–C–N with tert-alkyl or cyclic N) is 1. The normalized spacial score (nSPS) is 21.9. The number of aromatic nitrogens is 2. The molecule has 1 fully saturated rings. The molecule has 0 amide bonds. The van der Waals surface area contributed by atoms with Crippen molar-refractivity contribution in [3.63, 3.8) is 0 Å². The summed E-state index contributed by atoms with van der Waals surface area (Å²) in [4.78, 5) is 6.62. The number of ether oxygens (including phenoxy) is 2. The van der Waals surface area contributed by atoms with E-state index in [0.717, 1.165) is 37.2 Å². The van der Waals surface area contributed by atoms with Gasteiger partial charge in [0.1, 0.15) is 13.2 Å². The lowest BCUT2D eigenvalue weighted by Crippen LogP contribution is -2.37. The molecule has 1 aromatic heterocycles. The second-order valence-electron chi connectivity index (χ2n) is 6.70. The Balaban J connectivity index is 1.41. The quantitative estimate of drug-likeness (QED) is 0.908. The van der Waals surface area contributed by atoms with Crippen LogP contribution in [0, 0.1) is 6.92 Å². The van der Waals surface area contributed by atoms with Crippen LogP contribution in [-0.2, 0) is 0 Å². The van der Waals surface area contributed by atoms with Gasteiger partial charge in [-0.25, -0.2) is 0 Å². The maximum Gasteiger partial charge on any atom is 0.231 e. The lowest BCUT2D eigenvalue weighted by molar-refractivity contribution is 0.0904. The van der Waals surface area contributed by atoms with Crippen LogP contribution in [-0.4, -0.2) is 53.0 Å². The van der Waals surface area contributed by atoms with Crippen molar-refractivity contribution in [2.45, 2.75) is 31.8 Å². The number of rotatable bonds is 4. The minimum atomic E-state index is -0.570. The highest BCUT2D eigenvalue weighted by Crippen LogP contribution is 2.33. The van der Waals surface area contributed by atoms with E-state index in [1.165, 1.54) is 0 Å². The van der Waals surface area contributed by atoms with Gasteiger partial charge in [0.2, 0.25) is 5.89 Å². The fourth-order valence-electron chi connectivity index (χ4n) is 3.52. The Morgan fingerprint density at radius 3 is 2.92 bits per heavy atom. The van der Waals surface area contributed by atoms with E-state index in [4.69, 9.17) is 14.0 Å². The standard InChI is InChI=1S/C18H23N3O4/c1-12-19-18(25-20-12)14-3-2-6-21(10-14)11-15(22)13-4-5-16-17(9-13)24-8-7-23-16/h4-5,9,14-15,22H,2-3,6-8,10-11H2,1H3/t14-,15+/m1/s1. The average molecular weight is 345 g/mol. The number of hydrogen-bond acceptors (Lipinski definition) is 7. The Morgan fingerprint density at radius 2 is 2.12 bits per heavy atom. The predicted octanol–water partition coefficient (Wildman–Crippen LogP) is 2.06. The first-order chi connectivity index (χ1) is 12.2. The molecule has 3 heterocycles. The van der Waals surface area contributed by atoms with Gasteiger partial charge in [-0.1, -0.05) is 11.2 Å². The fraction of sp³-hybridized carbons (Fsp3) is 0.556. The zero-order valence-corrected chi connectivity index (χ0v) is 14.4. The third kappa shape index (κ3) is 3.62. The maximum atomic E-state index is 10.6. The van der Waals surface area contributed by atoms with Crippen LogP contribution >= 0.6 is 0 Å². The van der Waals surface area contributed by atoms with Crippen LogP contribution in [0.3, 0.4) is 0 Å². The molecule has 4 rings (SSSR count). The van der Waals surface area contributed by atoms with Gasteiger partial charge in [-0.3, -0.25) is 4.90 Å². The number of aliphatic hydroxyl groups is 1. The van der Waals surface area contributed by atoms with E-state index in [0.29, 0.717) is 37.2 Å². The molecule has 0 bridgehead atoms. The molecule has 25 heavy (non-hydrogen) atoms. The smallest absolute Gasteiger partial charge is 0.231 e. The molecule has 0 spiro atoms. The number of piperidine rings is 1. The molecule has 0 aliphatic carbocycles. The third-order valence-corrected chi connectivity index (χ3v) is 4.78. The van der Waals surface area contributed by atoms with Crippen LogP contribution in [0.5, 0.6) is 11.5 Å². The molecular formula is C18H23N3O4. The van der Waals surface area contributed by atoms with Crippen LogP contribution in [0.25, 0.3) is 0 Å². The maximum absolute atomic E-state index is 10.6. The van der Waals surface area contributed by atoms with Crippen LogP contribution in [0.15, 0.2) is 22.7 Å². The Kier molecular flexibility index (Phi) is 4.59. The summed E-state index contributed by atoms with van der Waals surface area (Å²) in [7, 11) is 0. The van der Waals surface area contributed by atoms with Gasteiger partial charge < -0.3 is 19.1 Å². The highest BCUT2D eigenvalue weighted by atomic mass is 16.6. The molecule has 2 aliphatic rings. The molecule has 2 aliphatic heterocycles. The van der Waals surface area contributed by atoms with Gasteiger partial charge in [-0.05, 0) is 44.0 Å². The molecule has 2 atom stereocenters. The summed E-state index contributed by atoms with van der Waals surface area (Å²) in [5.74, 6) is 3.06. The Hall–Kier alpha value is -2.12. The Labute approximate surface area is 146 Å². The molecule has 7 nitrogen and oxygen atoms in total. The molecule has 134 valence electrons. The highest BCUT2D eigenvalue weighted by Gasteiger charge is 2.27. The number of likely N-dealkylation sites (tertiary alicyclic amines) is 1. The largest absolute Gasteiger partial charge is 0.486 e. The first-order valence-corrected chi connectivity index (χ1v) is 8.79. The van der Waals surface area contributed by atoms with Crippen molar-refractivity contribution in [2.24, 2.45) is 0 Å². The number of aliphatic hydroxyl groups excluding tert-OH is 1. The number of aryl methyl sites for hydroxylation is 1. The fourth-order valence-corrected chi connectivity index (χ4v) is 3.52. The summed E-state index contributed by atoms with van der Waals surface area (Å²) in [6.45, 7) is 5.31. The first kappa shape index (κ1) is 16.4. The van der Waals surface area contributed by atoms with Crippen LogP contribution in [0.4, 0.5) is 0 Å². The van der Waals surface area contributed by atoms with Crippen molar-refractivity contribution >= 4 is 0 Å². The van der Waals surface area contributed by atoms with Gasteiger partial charge in [0.05, 0.1) is 12.0 Å². The van der Waals surface area contributed by atoms with E-state index in [9.17, 15) is 5.11 Å². The van der Waals surface area contributed by atoms with Crippen molar-refractivity contribution in [2.75, 3.05) is 32.8 Å². The summed E-state index contributed by atoms with van der Waals surface area (Å²) in [5.41, 5.74) is 0.847. The Bertz CT molecular complexity index is 733. The summed E-state index contributed by atoms with van der Waals surface area (Å²) in [5, 5.41) is 14.5. The van der Waals surface area contributed by atoms with Gasteiger partial charge in [0, 0.05) is 13.1 Å². The molecule has 1 aromatic carbocycles. The zero-order valence-electron chi connectivity index (χ0n) is 14.4. The SMILES string of the molecule is Cc1noc([C@@H]2CCCN(C[C@H](O)c3ccc4c(c3)OCCO4)C2)n1. The second-order valence-corrected chi connectivity index (χ2v) is 6.70. The number of nitrogens with zero attached hydrogens (tertiary/aromatic N) is 3. The van der Waals surface area contributed by atoms with Crippen LogP contribution in [0.1, 0.15) is 42.1 Å². The lowest BCUT2D eigenvalue weighted by Gasteiger charge is -2.32. The first-order valence-electron chi connectivity index (χ1n) is 8.79. The zero-order chi connectivity index (χ0) is 17.2. The average Bonchev–Trinajstić information content (AvgIpc) is 3.08. The third-order valence-electron chi connectivity index (χ3n) is 4.78. The minimum Gasteiger partial charge on any atom is -0.486 e. The van der Waals surface area contributed by atoms with E-state index in [2.05, 4.69) is 15.0 Å². The van der Waals surface area contributed by atoms with Gasteiger partial charge >= 0.3 is 0 Å². The van der Waals surface area contributed by atoms with Crippen molar-refractivity contribution in [3.05, 3.63) is 35.5 Å². The topological polar surface area (TPSA) is 80.9 Å². The summed E-state index contributed by atoms with van der Waals surface area (Å²) < 4.78 is 16.5. The molecular weight excluding hydrogens is 322 g/mol. The molecule has 1 saturated heterocycles. The summed E-state index contributed by atoms with van der Waals surface area (Å²) in [6, 6.07) is 5.65. The van der Waals surface area contributed by atoms with E-state index >= 15 is 0 Å². The minimum absolute atomic E-state index is 0.238. The van der Waals surface area contributed by atoms with Crippen LogP contribution < -0.4 is 9.47 Å². The van der Waals surface area contributed by atoms with E-state index < -0.39 is 6.10 Å². The predicted molar refractivity (Wildman–Crippen MR) is 89.8 cm³/mol. The molecule has 0 unspecified atom stereocenters.